The summed E-state index contributed by atoms with van der Waals surface area (Å²) < 4.78 is 0. The van der Waals surface area contributed by atoms with Crippen LogP contribution >= 0.6 is 11.3 Å². The number of nitrogens with two attached hydrogens (primary N) is 1. The largest absolute Gasteiger partial charge is 0.388 e. The van der Waals surface area contributed by atoms with Crippen molar-refractivity contribution in [3.63, 3.8) is 0 Å². The summed E-state index contributed by atoms with van der Waals surface area (Å²) in [5.74, 6) is -0.455. The van der Waals surface area contributed by atoms with E-state index in [1.807, 2.05) is 4.90 Å². The summed E-state index contributed by atoms with van der Waals surface area (Å²) in [6.07, 6.45) is 2.43. The Balaban J connectivity index is 2.16. The molecule has 0 spiro atoms. The lowest BCUT2D eigenvalue weighted by Gasteiger charge is -2.47. The zero-order valence-electron chi connectivity index (χ0n) is 9.30. The molecule has 16 heavy (non-hydrogen) atoms. The van der Waals surface area contributed by atoms with Gasteiger partial charge in [0.05, 0.1) is 17.8 Å². The summed E-state index contributed by atoms with van der Waals surface area (Å²) in [6.45, 7) is 4.43. The highest BCUT2D eigenvalue weighted by Gasteiger charge is 2.40. The number of hydrogen-bond donors (Lipinski definition) is 2. The Morgan fingerprint density at radius 3 is 2.81 bits per heavy atom. The molecular weight excluding hydrogens is 226 g/mol. The van der Waals surface area contributed by atoms with Gasteiger partial charge < -0.3 is 15.7 Å². The molecule has 88 valence electrons. The fourth-order valence-electron chi connectivity index (χ4n) is 1.86. The van der Waals surface area contributed by atoms with Gasteiger partial charge in [-0.25, -0.2) is 4.98 Å². The molecule has 6 heteroatoms. The maximum Gasteiger partial charge on any atom is 0.260 e. The Morgan fingerprint density at radius 2 is 2.44 bits per heavy atom. The van der Waals surface area contributed by atoms with Crippen molar-refractivity contribution in [2.24, 2.45) is 5.73 Å². The molecule has 1 aromatic rings. The molecule has 1 unspecified atom stereocenters. The van der Waals surface area contributed by atoms with Crippen LogP contribution in [0.1, 0.15) is 29.9 Å². The van der Waals surface area contributed by atoms with Gasteiger partial charge in [-0.1, -0.05) is 11.3 Å². The molecular formula is C10H15N3O2S. The van der Waals surface area contributed by atoms with E-state index < -0.39 is 11.5 Å². The van der Waals surface area contributed by atoms with E-state index in [9.17, 15) is 9.90 Å². The predicted octanol–water partition coefficient (Wildman–Crippen LogP) is 0.592. The van der Waals surface area contributed by atoms with E-state index in [1.165, 1.54) is 17.5 Å². The second-order valence-electron chi connectivity index (χ2n) is 4.52. The summed E-state index contributed by atoms with van der Waals surface area (Å²) in [5, 5.41) is 10.7. The van der Waals surface area contributed by atoms with Crippen LogP contribution in [0.15, 0.2) is 6.20 Å². The van der Waals surface area contributed by atoms with Crippen molar-refractivity contribution in [3.05, 3.63) is 11.1 Å². The minimum Gasteiger partial charge on any atom is -0.388 e. The lowest BCUT2D eigenvalue weighted by atomic mass is 9.88. The third-order valence-electron chi connectivity index (χ3n) is 2.82. The van der Waals surface area contributed by atoms with Gasteiger partial charge in [0.25, 0.3) is 5.91 Å². The number of aliphatic hydroxyl groups is 1. The average Bonchev–Trinajstić information content (AvgIpc) is 2.47. The summed E-state index contributed by atoms with van der Waals surface area (Å²) in [6, 6.07) is 0.0689. The van der Waals surface area contributed by atoms with E-state index in [2.05, 4.69) is 4.98 Å². The van der Waals surface area contributed by atoms with Gasteiger partial charge in [0.1, 0.15) is 4.88 Å². The molecule has 0 aromatic carbocycles. The van der Waals surface area contributed by atoms with Gasteiger partial charge in [0.15, 0.2) is 5.13 Å². The summed E-state index contributed by atoms with van der Waals surface area (Å²) >= 11 is 1.27. The number of thiazole rings is 1. The first kappa shape index (κ1) is 11.3. The Morgan fingerprint density at radius 1 is 1.75 bits per heavy atom. The van der Waals surface area contributed by atoms with Crippen molar-refractivity contribution in [1.82, 2.24) is 4.98 Å². The van der Waals surface area contributed by atoms with Crippen molar-refractivity contribution in [2.45, 2.75) is 31.9 Å². The van der Waals surface area contributed by atoms with E-state index in [0.717, 1.165) is 18.1 Å². The first-order chi connectivity index (χ1) is 7.39. The first-order valence-corrected chi connectivity index (χ1v) is 5.96. The SMILES string of the molecule is CC(C)(O)C1CCN1c1ncc(C(N)=O)s1. The number of hydrogen-bond acceptors (Lipinski definition) is 5. The molecule has 1 aliphatic heterocycles. The van der Waals surface area contributed by atoms with Gasteiger partial charge in [0, 0.05) is 6.54 Å². The highest BCUT2D eigenvalue weighted by molar-refractivity contribution is 7.17. The number of carbonyl (C=O) groups excluding carboxylic acids is 1. The first-order valence-electron chi connectivity index (χ1n) is 5.14. The zero-order valence-corrected chi connectivity index (χ0v) is 10.1. The number of anilines is 1. The molecule has 2 heterocycles. The van der Waals surface area contributed by atoms with Crippen LogP contribution in [-0.2, 0) is 0 Å². The van der Waals surface area contributed by atoms with Gasteiger partial charge in [-0.2, -0.15) is 0 Å². The summed E-state index contributed by atoms with van der Waals surface area (Å²) in [5.41, 5.74) is 4.42. The van der Waals surface area contributed by atoms with Gasteiger partial charge in [-0.05, 0) is 20.3 Å². The monoisotopic (exact) mass is 241 g/mol. The van der Waals surface area contributed by atoms with Crippen LogP contribution in [-0.4, -0.2) is 34.2 Å². The van der Waals surface area contributed by atoms with Crippen molar-refractivity contribution >= 4 is 22.4 Å². The van der Waals surface area contributed by atoms with E-state index >= 15 is 0 Å². The zero-order chi connectivity index (χ0) is 11.9. The molecule has 2 rings (SSSR count). The second kappa shape index (κ2) is 3.71. The molecule has 0 bridgehead atoms. The lowest BCUT2D eigenvalue weighted by molar-refractivity contribution is 0.0293. The van der Waals surface area contributed by atoms with Crippen molar-refractivity contribution in [2.75, 3.05) is 11.4 Å². The Kier molecular flexibility index (Phi) is 2.63. The smallest absolute Gasteiger partial charge is 0.260 e. The molecule has 3 N–H and O–H groups in total. The second-order valence-corrected chi connectivity index (χ2v) is 5.53. The normalized spacial score (nSPS) is 20.7. The molecule has 0 radical (unpaired) electrons. The van der Waals surface area contributed by atoms with Crippen molar-refractivity contribution in [1.29, 1.82) is 0 Å². The minimum absolute atomic E-state index is 0.0689. The molecule has 1 aliphatic rings. The van der Waals surface area contributed by atoms with E-state index in [0.29, 0.717) is 4.88 Å². The molecule has 5 nitrogen and oxygen atoms in total. The fraction of sp³-hybridized carbons (Fsp3) is 0.600. The van der Waals surface area contributed by atoms with Crippen LogP contribution in [0.3, 0.4) is 0 Å². The number of rotatable bonds is 3. The summed E-state index contributed by atoms with van der Waals surface area (Å²) in [7, 11) is 0. The topological polar surface area (TPSA) is 79.4 Å². The number of aromatic nitrogens is 1. The highest BCUT2D eigenvalue weighted by Crippen LogP contribution is 2.35. The molecule has 1 atom stereocenters. The van der Waals surface area contributed by atoms with Gasteiger partial charge >= 0.3 is 0 Å². The van der Waals surface area contributed by atoms with E-state index in [1.54, 1.807) is 13.8 Å². The van der Waals surface area contributed by atoms with Gasteiger partial charge in [-0.15, -0.1) is 0 Å². The minimum atomic E-state index is -0.753. The molecule has 0 saturated carbocycles. The standard InChI is InChI=1S/C10H15N3O2S/c1-10(2,15)7-3-4-13(7)9-12-5-6(16-9)8(11)14/h5,7,15H,3-4H2,1-2H3,(H2,11,14). The van der Waals surface area contributed by atoms with E-state index in [-0.39, 0.29) is 6.04 Å². The third kappa shape index (κ3) is 1.90. The number of primary amides is 1. The number of amides is 1. The van der Waals surface area contributed by atoms with Crippen LogP contribution in [0.25, 0.3) is 0 Å². The summed E-state index contributed by atoms with van der Waals surface area (Å²) in [4.78, 5) is 17.6. The Hall–Kier alpha value is -1.14. The van der Waals surface area contributed by atoms with Crippen LogP contribution in [0.5, 0.6) is 0 Å². The predicted molar refractivity (Wildman–Crippen MR) is 62.7 cm³/mol. The molecule has 1 aromatic heterocycles. The molecule has 1 amide bonds. The van der Waals surface area contributed by atoms with Crippen LogP contribution in [0.2, 0.25) is 0 Å². The average molecular weight is 241 g/mol. The third-order valence-corrected chi connectivity index (χ3v) is 3.87. The number of nitrogens with zero attached hydrogens (tertiary/aromatic N) is 2. The molecule has 1 saturated heterocycles. The molecule has 0 aliphatic carbocycles. The van der Waals surface area contributed by atoms with E-state index in [4.69, 9.17) is 5.73 Å². The van der Waals surface area contributed by atoms with Crippen molar-refractivity contribution < 1.29 is 9.90 Å². The Labute approximate surface area is 97.9 Å². The number of carbonyl (C=O) groups is 1. The van der Waals surface area contributed by atoms with Crippen LogP contribution in [0.4, 0.5) is 5.13 Å². The van der Waals surface area contributed by atoms with Gasteiger partial charge in [-0.3, -0.25) is 4.79 Å². The van der Waals surface area contributed by atoms with Crippen LogP contribution < -0.4 is 10.6 Å². The fourth-order valence-corrected chi connectivity index (χ4v) is 2.71. The van der Waals surface area contributed by atoms with Gasteiger partial charge in [0.2, 0.25) is 0 Å². The maximum atomic E-state index is 10.9. The van der Waals surface area contributed by atoms with Crippen LogP contribution in [0, 0.1) is 0 Å². The maximum absolute atomic E-state index is 10.9. The lowest BCUT2D eigenvalue weighted by Crippen LogP contribution is -2.58. The quantitative estimate of drug-likeness (QED) is 0.811. The highest BCUT2D eigenvalue weighted by atomic mass is 32.1. The molecule has 1 fully saturated rings. The van der Waals surface area contributed by atoms with Crippen molar-refractivity contribution in [3.8, 4) is 0 Å². The Bertz CT molecular complexity index is 410.